The van der Waals surface area contributed by atoms with Crippen LogP contribution in [-0.4, -0.2) is 175 Å². The second-order valence-electron chi connectivity index (χ2n) is 37.9. The van der Waals surface area contributed by atoms with Crippen LogP contribution in [0.15, 0.2) is 204 Å². The Morgan fingerprint density at radius 3 is 1.24 bits per heavy atom. The molecule has 0 bridgehead atoms. The van der Waals surface area contributed by atoms with Gasteiger partial charge in [0, 0.05) is 147 Å². The zero-order valence-corrected chi connectivity index (χ0v) is 84.0. The summed E-state index contributed by atoms with van der Waals surface area (Å²) in [5.74, 6) is 2.17. The second kappa shape index (κ2) is 49.0. The van der Waals surface area contributed by atoms with E-state index in [1.807, 2.05) is 181 Å². The van der Waals surface area contributed by atoms with Gasteiger partial charge in [0.15, 0.2) is 23.0 Å². The molecule has 17 rings (SSSR count). The van der Waals surface area contributed by atoms with Gasteiger partial charge in [0.25, 0.3) is 23.6 Å². The molecule has 2 saturated heterocycles. The minimum Gasteiger partial charge on any atom is -0.493 e. The number of aliphatic imine (C=N–C) groups is 2. The number of primary amides is 1. The number of hydrogen-bond donors (Lipinski definition) is 6. The van der Waals surface area contributed by atoms with E-state index in [0.29, 0.717) is 145 Å². The molecule has 7 aliphatic heterocycles. The number of halogens is 2. The summed E-state index contributed by atoms with van der Waals surface area (Å²) in [5, 5.41) is 15.1. The summed E-state index contributed by atoms with van der Waals surface area (Å²) >= 11 is 13.2. The molecule has 6 atom stereocenters. The Balaban J connectivity index is 0.000000198. The lowest BCUT2D eigenvalue weighted by Gasteiger charge is -2.32. The van der Waals surface area contributed by atoms with E-state index in [4.69, 9.17) is 67.3 Å². The number of fused-ring (bicyclic) bond motifs is 10. The molecule has 2 fully saturated rings. The Morgan fingerprint density at radius 1 is 0.444 bits per heavy atom. The van der Waals surface area contributed by atoms with Gasteiger partial charge in [-0.1, -0.05) is 155 Å². The maximum Gasteiger partial charge on any atom is 0.256 e. The lowest BCUT2D eigenvalue weighted by molar-refractivity contribution is -0.137. The fourth-order valence-electron chi connectivity index (χ4n) is 18.9. The molecule has 0 aliphatic carbocycles. The molecule has 10 aromatic carbocycles. The molecule has 144 heavy (non-hydrogen) atoms. The topological polar surface area (TPSA) is 393 Å². The molecule has 0 spiro atoms. The summed E-state index contributed by atoms with van der Waals surface area (Å²) in [4.78, 5) is 156. The number of hydrogen-bond acceptors (Lipinski definition) is 20. The van der Waals surface area contributed by atoms with Crippen molar-refractivity contribution in [2.24, 2.45) is 27.6 Å². The molecular formula is C112H125Cl2N13O17. The highest BCUT2D eigenvalue weighted by molar-refractivity contribution is 6.20. The molecule has 0 radical (unpaired) electrons. The van der Waals surface area contributed by atoms with Gasteiger partial charge in [-0.2, -0.15) is 0 Å². The number of amides is 11. The van der Waals surface area contributed by atoms with Gasteiger partial charge in [-0.25, -0.2) is 0 Å². The summed E-state index contributed by atoms with van der Waals surface area (Å²) in [7, 11) is 3.12. The van der Waals surface area contributed by atoms with Crippen LogP contribution < -0.4 is 71.4 Å². The molecule has 32 heteroatoms. The van der Waals surface area contributed by atoms with Crippen LogP contribution in [0.3, 0.4) is 0 Å². The quantitative estimate of drug-likeness (QED) is 0.0121. The van der Waals surface area contributed by atoms with Crippen LogP contribution in [-0.2, 0) is 82.4 Å². The fourth-order valence-corrected chi connectivity index (χ4v) is 19.4. The first kappa shape index (κ1) is 105. The third-order valence-electron chi connectivity index (χ3n) is 26.3. The molecule has 11 amide bonds. The number of piperidine rings is 2. The van der Waals surface area contributed by atoms with Crippen molar-refractivity contribution in [3.63, 3.8) is 0 Å². The van der Waals surface area contributed by atoms with Crippen molar-refractivity contribution in [2.75, 3.05) is 79.1 Å². The number of imide groups is 1. The van der Waals surface area contributed by atoms with Crippen LogP contribution in [0, 0.1) is 11.8 Å². The monoisotopic (exact) mass is 1990 g/mol. The van der Waals surface area contributed by atoms with E-state index in [9.17, 15) is 52.7 Å². The van der Waals surface area contributed by atoms with Gasteiger partial charge in [0.1, 0.15) is 50.0 Å². The number of rotatable bonds is 36. The van der Waals surface area contributed by atoms with Crippen molar-refractivity contribution < 1.29 is 81.2 Å². The van der Waals surface area contributed by atoms with Crippen LogP contribution in [0.2, 0.25) is 0 Å². The van der Waals surface area contributed by atoms with Crippen molar-refractivity contribution in [1.82, 2.24) is 31.5 Å². The molecule has 754 valence electrons. The molecule has 0 aromatic heterocycles. The van der Waals surface area contributed by atoms with Gasteiger partial charge in [-0.05, 0) is 169 Å². The van der Waals surface area contributed by atoms with Crippen LogP contribution in [0.4, 0.5) is 34.1 Å². The van der Waals surface area contributed by atoms with E-state index >= 15 is 0 Å². The van der Waals surface area contributed by atoms with E-state index in [-0.39, 0.29) is 146 Å². The lowest BCUT2D eigenvalue weighted by atomic mass is 9.95. The number of unbranched alkanes of at least 4 members (excludes halogenated alkanes) is 2. The van der Waals surface area contributed by atoms with Crippen molar-refractivity contribution in [3.05, 3.63) is 250 Å². The highest BCUT2D eigenvalue weighted by Crippen LogP contribution is 2.49. The molecule has 0 unspecified atom stereocenters. The summed E-state index contributed by atoms with van der Waals surface area (Å²) in [6, 6.07) is 55.9. The SMILES string of the molecule is COc1cc2c(cc1OCc1cccc(CC(=O)N3C[C@@H](CCl)c4c3cc(OCc3ccc(NC(=O)[C@H](C)NC(=O)CC(C)C)cc3)c3ccccc43)c1)N=C[C@@H]1CCCCN1C2=O.COc1cc2c(cc1OCc1cccc(CC(=O)N3C[C@@H](CCl)c4c3cc(OCc3ccc(NC(=O)[C@H](C)NC(=O)CC(C)C)cc3)c3ccccc43)c1)N=C[C@@H]1CCCCN1C2=O.N.NC(=O)CCCCCN1C(=O)C=CC1=O. The predicted molar refractivity (Wildman–Crippen MR) is 560 cm³/mol. The highest BCUT2D eigenvalue weighted by atomic mass is 35.5. The molecular weight excluding hydrogens is 1870 g/mol. The van der Waals surface area contributed by atoms with Gasteiger partial charge in [0.2, 0.25) is 41.4 Å². The first-order valence-electron chi connectivity index (χ1n) is 48.9. The van der Waals surface area contributed by atoms with E-state index in [2.05, 4.69) is 33.4 Å². The van der Waals surface area contributed by atoms with E-state index in [1.54, 1.807) is 76.6 Å². The zero-order valence-electron chi connectivity index (χ0n) is 82.5. The van der Waals surface area contributed by atoms with Crippen molar-refractivity contribution in [1.29, 1.82) is 0 Å². The molecule has 0 saturated carbocycles. The number of anilines is 4. The molecule has 9 N–H and O–H groups in total. The number of nitrogens with one attached hydrogen (secondary N) is 4. The molecule has 10 aromatic rings. The first-order chi connectivity index (χ1) is 69.1. The number of nitrogens with zero attached hydrogens (tertiary/aromatic N) is 7. The zero-order chi connectivity index (χ0) is 101. The van der Waals surface area contributed by atoms with Gasteiger partial charge < -0.3 is 81.2 Å². The average molecular weight is 2000 g/mol. The van der Waals surface area contributed by atoms with Crippen LogP contribution in [0.5, 0.6) is 34.5 Å². The Hall–Kier alpha value is -14.5. The molecule has 30 nitrogen and oxygen atoms in total. The fraction of sp³-hybridized carbons (Fsp3) is 0.366. The minimum absolute atomic E-state index is 0. The molecule has 7 aliphatic rings. The number of carbonyl (C=O) groups is 11. The number of carbonyl (C=O) groups excluding carboxylic acids is 11. The van der Waals surface area contributed by atoms with Gasteiger partial charge >= 0.3 is 0 Å². The standard InChI is InChI=1S/2C51H54ClN5O7.C10H14N2O3.H3N/c2*1-31(2)20-47(58)54-32(3)50(60)55-37-17-15-33(16-18-37)29-63-44-25-43-49(40-14-6-5-13-39(40)44)36(26-52)28-57(43)48(59)22-34-10-9-11-35(21-34)30-64-46-24-42-41(23-45(46)62-4)51(61)56-19-8-7-12-38(56)27-53-42;11-8(13)4-2-1-3-7-12-9(14)5-6-10(12)15;/h2*5-6,9-11,13-18,21,23-25,27,31-32,36,38H,7-8,12,19-20,22,26,28-30H2,1-4H3,(H,54,58)(H,55,60);5-6H,1-4,7H2,(H2,11,13);1H3/t2*32-,36+,38-;;/m00../s1. The van der Waals surface area contributed by atoms with Crippen molar-refractivity contribution >= 4 is 156 Å². The van der Waals surface area contributed by atoms with Crippen LogP contribution in [0.1, 0.15) is 196 Å². The summed E-state index contributed by atoms with van der Waals surface area (Å²) in [5.41, 5.74) is 17.1. The predicted octanol–water partition coefficient (Wildman–Crippen LogP) is 18.4. The smallest absolute Gasteiger partial charge is 0.256 e. The molecule has 7 heterocycles. The third-order valence-corrected chi connectivity index (χ3v) is 27.0. The summed E-state index contributed by atoms with van der Waals surface area (Å²) in [6.45, 7) is 14.8. The normalized spacial score (nSPS) is 16.7. The van der Waals surface area contributed by atoms with Crippen LogP contribution in [0.25, 0.3) is 21.5 Å². The van der Waals surface area contributed by atoms with Crippen LogP contribution >= 0.6 is 23.2 Å². The van der Waals surface area contributed by atoms with Crippen molar-refractivity contribution in [3.8, 4) is 34.5 Å². The maximum atomic E-state index is 14.3. The van der Waals surface area contributed by atoms with E-state index in [0.717, 1.165) is 122 Å². The Bertz CT molecular complexity index is 6150. The van der Waals surface area contributed by atoms with Gasteiger partial charge in [-0.3, -0.25) is 67.6 Å². The number of alkyl halides is 2. The van der Waals surface area contributed by atoms with E-state index in [1.165, 1.54) is 17.1 Å². The number of benzene rings is 10. The Morgan fingerprint density at radius 2 is 0.840 bits per heavy atom. The third kappa shape index (κ3) is 25.9. The lowest BCUT2D eigenvalue weighted by Crippen LogP contribution is -2.43. The largest absolute Gasteiger partial charge is 0.493 e. The van der Waals surface area contributed by atoms with E-state index < -0.39 is 12.1 Å². The maximum absolute atomic E-state index is 14.3. The van der Waals surface area contributed by atoms with Gasteiger partial charge in [0.05, 0.1) is 73.0 Å². The Labute approximate surface area is 848 Å². The number of ether oxygens (including phenoxy) is 6. The number of nitrogens with two attached hydrogens (primary N) is 1. The summed E-state index contributed by atoms with van der Waals surface area (Å²) < 4.78 is 36.9. The first-order valence-corrected chi connectivity index (χ1v) is 50.0. The number of methoxy groups -OCH3 is 2. The summed E-state index contributed by atoms with van der Waals surface area (Å²) in [6.07, 6.45) is 15.8. The second-order valence-corrected chi connectivity index (χ2v) is 38.5. The minimum atomic E-state index is -0.674. The Kier molecular flexibility index (Phi) is 35.8. The van der Waals surface area contributed by atoms with Crippen molar-refractivity contribution in [2.45, 2.75) is 194 Å². The highest BCUT2D eigenvalue weighted by Gasteiger charge is 2.39. The average Bonchev–Trinajstić information content (AvgIpc) is 1.59. The van der Waals surface area contributed by atoms with Gasteiger partial charge in [-0.15, -0.1) is 23.2 Å².